The molecule has 1 fully saturated rings. The Morgan fingerprint density at radius 2 is 2.09 bits per heavy atom. The zero-order valence-electron chi connectivity index (χ0n) is 18.7. The number of rotatable bonds is 7. The number of aromatic nitrogens is 1. The second kappa shape index (κ2) is 9.95. The lowest BCUT2D eigenvalue weighted by atomic mass is 9.95. The average molecular weight is 492 g/mol. The largest absolute Gasteiger partial charge is 0.483 e. The van der Waals surface area contributed by atoms with Gasteiger partial charge >= 0.3 is 6.18 Å². The minimum absolute atomic E-state index is 0.0543. The summed E-state index contributed by atoms with van der Waals surface area (Å²) in [6, 6.07) is 4.21. The van der Waals surface area contributed by atoms with E-state index in [1.165, 1.54) is 0 Å². The number of amides is 1. The third kappa shape index (κ3) is 5.24. The SMILES string of the molecule is N#Cc1c2c(n(CC3CCCO3)c1NC(=O)COc1ccc([N+](=O)[O-])cc1C(F)(F)F)CCCC2. The monoisotopic (exact) mass is 492 g/mol. The van der Waals surface area contributed by atoms with E-state index < -0.39 is 40.6 Å². The fraction of sp³-hybridized carbons (Fsp3) is 0.478. The van der Waals surface area contributed by atoms with Crippen molar-refractivity contribution in [3.8, 4) is 11.8 Å². The van der Waals surface area contributed by atoms with Crippen molar-refractivity contribution >= 4 is 17.4 Å². The van der Waals surface area contributed by atoms with Gasteiger partial charge in [0.1, 0.15) is 23.2 Å². The van der Waals surface area contributed by atoms with Gasteiger partial charge in [0, 0.05) is 24.4 Å². The number of alkyl halides is 3. The maximum absolute atomic E-state index is 13.4. The molecule has 2 heterocycles. The summed E-state index contributed by atoms with van der Waals surface area (Å²) < 4.78 is 52.9. The molecule has 2 aromatic rings. The number of nitriles is 1. The predicted molar refractivity (Wildman–Crippen MR) is 117 cm³/mol. The van der Waals surface area contributed by atoms with Crippen LogP contribution in [0.4, 0.5) is 24.7 Å². The van der Waals surface area contributed by atoms with E-state index in [0.29, 0.717) is 37.0 Å². The van der Waals surface area contributed by atoms with Gasteiger partial charge in [0.25, 0.3) is 11.6 Å². The minimum atomic E-state index is -4.92. The van der Waals surface area contributed by atoms with Crippen LogP contribution in [0, 0.1) is 21.4 Å². The quantitative estimate of drug-likeness (QED) is 0.453. The van der Waals surface area contributed by atoms with Crippen LogP contribution in [0.5, 0.6) is 5.75 Å². The van der Waals surface area contributed by atoms with Crippen molar-refractivity contribution in [2.24, 2.45) is 0 Å². The van der Waals surface area contributed by atoms with Crippen LogP contribution < -0.4 is 10.1 Å². The summed E-state index contributed by atoms with van der Waals surface area (Å²) in [4.78, 5) is 22.6. The molecule has 1 aromatic heterocycles. The third-order valence-corrected chi connectivity index (χ3v) is 6.19. The Labute approximate surface area is 198 Å². The van der Waals surface area contributed by atoms with E-state index in [1.807, 2.05) is 4.57 Å². The Morgan fingerprint density at radius 1 is 1.31 bits per heavy atom. The van der Waals surface area contributed by atoms with Crippen molar-refractivity contribution in [2.75, 3.05) is 18.5 Å². The maximum atomic E-state index is 13.4. The molecule has 1 amide bonds. The summed E-state index contributed by atoms with van der Waals surface area (Å²) in [7, 11) is 0. The summed E-state index contributed by atoms with van der Waals surface area (Å²) in [6.45, 7) is 0.328. The van der Waals surface area contributed by atoms with Crippen LogP contribution in [0.1, 0.15) is 48.1 Å². The van der Waals surface area contributed by atoms with Gasteiger partial charge in [-0.1, -0.05) is 0 Å². The molecule has 4 rings (SSSR count). The molecule has 0 bridgehead atoms. The first-order chi connectivity index (χ1) is 16.7. The van der Waals surface area contributed by atoms with E-state index in [-0.39, 0.29) is 6.10 Å². The van der Waals surface area contributed by atoms with E-state index in [0.717, 1.165) is 55.5 Å². The van der Waals surface area contributed by atoms with E-state index >= 15 is 0 Å². The number of non-ortho nitro benzene ring substituents is 1. The molecule has 1 unspecified atom stereocenters. The van der Waals surface area contributed by atoms with Crippen LogP contribution in [-0.4, -0.2) is 34.7 Å². The fourth-order valence-electron chi connectivity index (χ4n) is 4.60. The molecule has 1 N–H and O–H groups in total. The molecular formula is C23H23F3N4O5. The van der Waals surface area contributed by atoms with Crippen molar-refractivity contribution in [1.82, 2.24) is 4.57 Å². The van der Waals surface area contributed by atoms with E-state index in [1.54, 1.807) is 0 Å². The van der Waals surface area contributed by atoms with Crippen molar-refractivity contribution in [1.29, 1.82) is 5.26 Å². The zero-order chi connectivity index (χ0) is 25.2. The second-order valence-corrected chi connectivity index (χ2v) is 8.49. The number of hydrogen-bond acceptors (Lipinski definition) is 6. The van der Waals surface area contributed by atoms with E-state index in [4.69, 9.17) is 9.47 Å². The number of nitrogens with zero attached hydrogens (tertiary/aromatic N) is 3. The number of carbonyl (C=O) groups is 1. The van der Waals surface area contributed by atoms with Crippen LogP contribution >= 0.6 is 0 Å². The molecule has 1 atom stereocenters. The van der Waals surface area contributed by atoms with Gasteiger partial charge in [-0.2, -0.15) is 18.4 Å². The van der Waals surface area contributed by atoms with Crippen LogP contribution in [0.25, 0.3) is 0 Å². The smallest absolute Gasteiger partial charge is 0.420 e. The Hall–Kier alpha value is -3.59. The standard InChI is InChI=1S/C23H23F3N4O5/c24-23(25,26)18-10-14(30(32)33)7-8-20(18)35-13-21(31)28-22-17(11-27)16-5-1-2-6-19(16)29(22)12-15-4-3-9-34-15/h7-8,10,15H,1-6,9,12-13H2,(H,28,31). The highest BCUT2D eigenvalue weighted by Gasteiger charge is 2.36. The second-order valence-electron chi connectivity index (χ2n) is 8.49. The van der Waals surface area contributed by atoms with Crippen LogP contribution in [0.15, 0.2) is 18.2 Å². The Bertz CT molecular complexity index is 1180. The Balaban J connectivity index is 1.56. The van der Waals surface area contributed by atoms with Crippen molar-refractivity contribution in [2.45, 2.75) is 57.3 Å². The molecule has 1 aliphatic carbocycles. The average Bonchev–Trinajstić information content (AvgIpc) is 3.43. The Kier molecular flexibility index (Phi) is 6.98. The third-order valence-electron chi connectivity index (χ3n) is 6.19. The molecule has 35 heavy (non-hydrogen) atoms. The molecule has 186 valence electrons. The Morgan fingerprint density at radius 3 is 2.74 bits per heavy atom. The molecule has 9 nitrogen and oxygen atoms in total. The van der Waals surface area contributed by atoms with Gasteiger partial charge in [-0.3, -0.25) is 14.9 Å². The highest BCUT2D eigenvalue weighted by atomic mass is 19.4. The maximum Gasteiger partial charge on any atom is 0.420 e. The van der Waals surface area contributed by atoms with Crippen LogP contribution in [-0.2, 0) is 35.1 Å². The number of fused-ring (bicyclic) bond motifs is 1. The molecule has 0 saturated carbocycles. The first-order valence-electron chi connectivity index (χ1n) is 11.2. The van der Waals surface area contributed by atoms with Crippen LogP contribution in [0.2, 0.25) is 0 Å². The predicted octanol–water partition coefficient (Wildman–Crippen LogP) is 4.36. The molecular weight excluding hydrogens is 469 g/mol. The van der Waals surface area contributed by atoms with Gasteiger partial charge in [-0.15, -0.1) is 0 Å². The van der Waals surface area contributed by atoms with E-state index in [2.05, 4.69) is 11.4 Å². The molecule has 0 radical (unpaired) electrons. The first kappa shape index (κ1) is 24.5. The number of halogens is 3. The molecule has 1 aromatic carbocycles. The summed E-state index contributed by atoms with van der Waals surface area (Å²) in [6.07, 6.45) is 0.126. The van der Waals surface area contributed by atoms with Gasteiger partial charge in [0.05, 0.1) is 23.1 Å². The van der Waals surface area contributed by atoms with Crippen molar-refractivity contribution in [3.05, 3.63) is 50.7 Å². The highest BCUT2D eigenvalue weighted by Crippen LogP contribution is 2.38. The number of ether oxygens (including phenoxy) is 2. The number of benzene rings is 1. The number of anilines is 1. The summed E-state index contributed by atoms with van der Waals surface area (Å²) in [5, 5.41) is 23.3. The summed E-state index contributed by atoms with van der Waals surface area (Å²) in [5.74, 6) is -1.16. The number of nitro benzene ring substituents is 1. The number of nitrogens with one attached hydrogen (secondary N) is 1. The normalized spacial score (nSPS) is 17.5. The number of nitro groups is 1. The zero-order valence-corrected chi connectivity index (χ0v) is 18.7. The number of hydrogen-bond donors (Lipinski definition) is 1. The lowest BCUT2D eigenvalue weighted by Crippen LogP contribution is -2.25. The van der Waals surface area contributed by atoms with Gasteiger partial charge in [0.15, 0.2) is 6.61 Å². The molecule has 1 aliphatic heterocycles. The topological polar surface area (TPSA) is 119 Å². The summed E-state index contributed by atoms with van der Waals surface area (Å²) >= 11 is 0. The first-order valence-corrected chi connectivity index (χ1v) is 11.2. The lowest BCUT2D eigenvalue weighted by molar-refractivity contribution is -0.385. The number of carbonyl (C=O) groups excluding carboxylic acids is 1. The van der Waals surface area contributed by atoms with Gasteiger partial charge in [-0.05, 0) is 50.2 Å². The minimum Gasteiger partial charge on any atom is -0.483 e. The molecule has 2 aliphatic rings. The molecule has 0 spiro atoms. The van der Waals surface area contributed by atoms with E-state index in [9.17, 15) is 33.3 Å². The van der Waals surface area contributed by atoms with Gasteiger partial charge < -0.3 is 19.4 Å². The summed E-state index contributed by atoms with van der Waals surface area (Å²) in [5.41, 5.74) is 0.0917. The molecule has 1 saturated heterocycles. The van der Waals surface area contributed by atoms with Crippen LogP contribution in [0.3, 0.4) is 0 Å². The van der Waals surface area contributed by atoms with Crippen molar-refractivity contribution in [3.63, 3.8) is 0 Å². The van der Waals surface area contributed by atoms with Crippen molar-refractivity contribution < 1.29 is 32.4 Å². The highest BCUT2D eigenvalue weighted by molar-refractivity contribution is 5.93. The fourth-order valence-corrected chi connectivity index (χ4v) is 4.60. The lowest BCUT2D eigenvalue weighted by Gasteiger charge is -2.20. The van der Waals surface area contributed by atoms with Gasteiger partial charge in [-0.25, -0.2) is 0 Å². The molecule has 12 heteroatoms. The van der Waals surface area contributed by atoms with Gasteiger partial charge in [0.2, 0.25) is 0 Å².